The van der Waals surface area contributed by atoms with E-state index in [1.54, 1.807) is 72.8 Å². The van der Waals surface area contributed by atoms with Gasteiger partial charge < -0.3 is 19.5 Å². The lowest BCUT2D eigenvalue weighted by Crippen LogP contribution is -2.62. The van der Waals surface area contributed by atoms with Crippen LogP contribution in [0.2, 0.25) is 10.0 Å². The Kier molecular flexibility index (Phi) is 17.5. The number of esters is 2. The van der Waals surface area contributed by atoms with Gasteiger partial charge in [-0.2, -0.15) is 25.4 Å². The molecule has 0 aliphatic carbocycles. The lowest BCUT2D eigenvalue weighted by Gasteiger charge is -2.46. The summed E-state index contributed by atoms with van der Waals surface area (Å²) in [5.41, 5.74) is 2.47. The predicted molar refractivity (Wildman–Crippen MR) is 243 cm³/mol. The van der Waals surface area contributed by atoms with E-state index in [4.69, 9.17) is 32.7 Å². The average Bonchev–Trinajstić information content (AvgIpc) is 3.24. The van der Waals surface area contributed by atoms with Crippen LogP contribution in [0.25, 0.3) is 0 Å². The second kappa shape index (κ2) is 22.2. The minimum absolute atomic E-state index is 0. The van der Waals surface area contributed by atoms with Crippen molar-refractivity contribution in [2.75, 3.05) is 75.3 Å². The first-order chi connectivity index (χ1) is 29.6. The van der Waals surface area contributed by atoms with Crippen LogP contribution in [-0.2, 0) is 47.7 Å². The summed E-state index contributed by atoms with van der Waals surface area (Å²) in [5, 5.41) is 4.11. The monoisotopic (exact) mass is 968 g/mol. The van der Waals surface area contributed by atoms with E-state index in [1.165, 1.54) is 43.8 Å². The Morgan fingerprint density at radius 2 is 1.24 bits per heavy atom. The van der Waals surface area contributed by atoms with Crippen molar-refractivity contribution in [3.05, 3.63) is 118 Å². The molecule has 0 spiro atoms. The van der Waals surface area contributed by atoms with Gasteiger partial charge in [0, 0.05) is 73.8 Å². The highest BCUT2D eigenvalue weighted by atomic mass is 35.5. The van der Waals surface area contributed by atoms with Crippen LogP contribution in [0.15, 0.2) is 85.2 Å². The highest BCUT2D eigenvalue weighted by molar-refractivity contribution is 7.90. The van der Waals surface area contributed by atoms with Gasteiger partial charge in [0.25, 0.3) is 0 Å². The topological polar surface area (TPSA) is 184 Å². The smallest absolute Gasteiger partial charge is 0.339 e. The van der Waals surface area contributed by atoms with E-state index >= 15 is 0 Å². The Hall–Kier alpha value is -4.15. The molecule has 3 aliphatic heterocycles. The van der Waals surface area contributed by atoms with Crippen LogP contribution in [0.4, 0.5) is 11.4 Å². The second-order valence-electron chi connectivity index (χ2n) is 14.9. The van der Waals surface area contributed by atoms with Gasteiger partial charge in [0.1, 0.15) is 0 Å². The number of halogens is 3. The molecule has 3 fully saturated rings. The maximum absolute atomic E-state index is 13.8. The number of carbonyl (C=O) groups excluding carboxylic acids is 2. The second-order valence-corrected chi connectivity index (χ2v) is 19.5. The molecule has 0 bridgehead atoms. The SMILES string of the molecule is COC(=O)c1ccc(CN(c2cccc(Cl)c2)S(=O)(=O)N2CCN(C3COC3)[C@H](C)C2)nc1.COC(=O)c1ccc(CN(c2cccc(Cl)c2)S(=O)(=O)N2CCN[C@H](C)C2)nc1.Cl. The van der Waals surface area contributed by atoms with Crippen LogP contribution in [-0.4, -0.2) is 137 Å². The number of pyridine rings is 2. The van der Waals surface area contributed by atoms with Crippen LogP contribution in [0.5, 0.6) is 0 Å². The molecule has 2 aromatic carbocycles. The van der Waals surface area contributed by atoms with Gasteiger partial charge in [-0.05, 0) is 74.5 Å². The van der Waals surface area contributed by atoms with Gasteiger partial charge in [0.15, 0.2) is 0 Å². The third kappa shape index (κ3) is 12.4. The summed E-state index contributed by atoms with van der Waals surface area (Å²) in [6.45, 7) is 8.09. The van der Waals surface area contributed by atoms with E-state index in [0.717, 1.165) is 0 Å². The summed E-state index contributed by atoms with van der Waals surface area (Å²) in [6.07, 6.45) is 2.75. The summed E-state index contributed by atoms with van der Waals surface area (Å²) in [5.74, 6) is -1.00. The zero-order chi connectivity index (χ0) is 44.6. The first-order valence-electron chi connectivity index (χ1n) is 19.8. The number of nitrogens with zero attached hydrogens (tertiary/aromatic N) is 7. The highest BCUT2D eigenvalue weighted by Gasteiger charge is 2.39. The maximum Gasteiger partial charge on any atom is 0.339 e. The Labute approximate surface area is 385 Å². The Balaban J connectivity index is 0.000000236. The molecule has 0 saturated carbocycles. The van der Waals surface area contributed by atoms with Crippen molar-refractivity contribution >= 4 is 79.3 Å². The summed E-state index contributed by atoms with van der Waals surface area (Å²) in [7, 11) is -5.11. The lowest BCUT2D eigenvalue weighted by molar-refractivity contribution is -0.0873. The fourth-order valence-corrected chi connectivity index (χ4v) is 10.9. The number of carbonyl (C=O) groups is 2. The number of nitrogens with one attached hydrogen (secondary N) is 1. The van der Waals surface area contributed by atoms with Crippen molar-refractivity contribution in [1.29, 1.82) is 0 Å². The Morgan fingerprint density at radius 1 is 0.746 bits per heavy atom. The van der Waals surface area contributed by atoms with Crippen LogP contribution in [0.1, 0.15) is 46.0 Å². The maximum atomic E-state index is 13.8. The number of hydrogen-bond acceptors (Lipinski definition) is 13. The van der Waals surface area contributed by atoms with Crippen molar-refractivity contribution in [1.82, 2.24) is 28.8 Å². The fourth-order valence-electron chi connectivity index (χ4n) is 7.17. The molecule has 3 aliphatic rings. The van der Waals surface area contributed by atoms with Crippen LogP contribution in [0, 0.1) is 0 Å². The van der Waals surface area contributed by atoms with E-state index in [9.17, 15) is 26.4 Å². The number of piperazine rings is 2. The number of hydrogen-bond donors (Lipinski definition) is 1. The molecule has 342 valence electrons. The largest absolute Gasteiger partial charge is 0.465 e. The van der Waals surface area contributed by atoms with E-state index in [2.05, 4.69) is 24.9 Å². The molecule has 63 heavy (non-hydrogen) atoms. The van der Waals surface area contributed by atoms with Crippen LogP contribution in [0.3, 0.4) is 0 Å². The normalized spacial score (nSPS) is 18.8. The van der Waals surface area contributed by atoms with E-state index in [-0.39, 0.29) is 37.6 Å². The van der Waals surface area contributed by atoms with Gasteiger partial charge >= 0.3 is 32.4 Å². The molecule has 0 unspecified atom stereocenters. The van der Waals surface area contributed by atoms with Gasteiger partial charge in [0.05, 0.1) is 80.5 Å². The molecule has 4 aromatic rings. The molecule has 22 heteroatoms. The molecule has 0 amide bonds. The molecule has 2 atom stereocenters. The number of rotatable bonds is 13. The lowest BCUT2D eigenvalue weighted by atomic mass is 10.1. The van der Waals surface area contributed by atoms with Crippen molar-refractivity contribution in [2.24, 2.45) is 0 Å². The molecule has 7 rings (SSSR count). The van der Waals surface area contributed by atoms with Crippen molar-refractivity contribution in [3.8, 4) is 0 Å². The van der Waals surface area contributed by atoms with E-state index in [0.29, 0.717) is 102 Å². The van der Waals surface area contributed by atoms with Crippen molar-refractivity contribution in [3.63, 3.8) is 0 Å². The standard InChI is InChI=1S/C22H27ClN4O5S.C19H23ClN4O4S.ClH/c1-16-12-25(8-9-26(16)21-14-32-15-21)33(29,30)27(20-5-3-4-18(23)10-20)13-19-7-6-17(11-24-19)22(28)31-2;1-14-12-23(9-8-21-14)29(26,27)24(18-5-3-4-16(20)10-18)13-17-7-6-15(11-22-17)19(25)28-2;/h3-7,10-11,16,21H,8-9,12-15H2,1-2H3;3-7,10-11,14,21H,8-9,12-13H2,1-2H3;1H/t16-;14-;/m11./s1. The summed E-state index contributed by atoms with van der Waals surface area (Å²) >= 11 is 12.3. The highest BCUT2D eigenvalue weighted by Crippen LogP contribution is 2.29. The van der Waals surface area contributed by atoms with E-state index in [1.807, 2.05) is 13.8 Å². The third-order valence-corrected chi connectivity index (χ3v) is 14.8. The van der Waals surface area contributed by atoms with Crippen molar-refractivity contribution in [2.45, 2.75) is 45.1 Å². The van der Waals surface area contributed by atoms with Gasteiger partial charge in [-0.25, -0.2) is 9.59 Å². The quantitative estimate of drug-likeness (QED) is 0.183. The zero-order valence-electron chi connectivity index (χ0n) is 35.2. The van der Waals surface area contributed by atoms with Crippen LogP contribution < -0.4 is 13.9 Å². The van der Waals surface area contributed by atoms with Crippen molar-refractivity contribution < 1.29 is 40.6 Å². The van der Waals surface area contributed by atoms with Gasteiger partial charge in [-0.1, -0.05) is 35.3 Å². The minimum atomic E-state index is -3.88. The number of benzene rings is 2. The fraction of sp³-hybridized carbons (Fsp3) is 0.415. The van der Waals surface area contributed by atoms with Gasteiger partial charge in [-0.3, -0.25) is 23.5 Å². The Morgan fingerprint density at radius 3 is 1.62 bits per heavy atom. The Bertz CT molecular complexity index is 2400. The summed E-state index contributed by atoms with van der Waals surface area (Å²) < 4.78 is 74.7. The zero-order valence-corrected chi connectivity index (χ0v) is 39.1. The molecule has 0 radical (unpaired) electrons. The summed E-state index contributed by atoms with van der Waals surface area (Å²) in [4.78, 5) is 34.1. The third-order valence-electron chi connectivity index (χ3n) is 10.6. The molecule has 17 nitrogen and oxygen atoms in total. The molecule has 2 aromatic heterocycles. The predicted octanol–water partition coefficient (Wildman–Crippen LogP) is 4.67. The minimum Gasteiger partial charge on any atom is -0.465 e. The first-order valence-corrected chi connectivity index (χ1v) is 23.4. The molecular formula is C41H51Cl3N8O9S2. The number of anilines is 2. The number of methoxy groups -OCH3 is 2. The first kappa shape index (κ1) is 49.9. The average molecular weight is 970 g/mol. The van der Waals surface area contributed by atoms with Gasteiger partial charge in [-0.15, -0.1) is 12.4 Å². The van der Waals surface area contributed by atoms with Gasteiger partial charge in [0.2, 0.25) is 0 Å². The molecule has 5 heterocycles. The number of aromatic nitrogens is 2. The molecule has 1 N–H and O–H groups in total. The molecular weight excluding hydrogens is 919 g/mol. The number of ether oxygens (including phenoxy) is 3. The molecule has 3 saturated heterocycles. The van der Waals surface area contributed by atoms with Crippen LogP contribution >= 0.6 is 35.6 Å². The summed E-state index contributed by atoms with van der Waals surface area (Å²) in [6, 6.07) is 20.3. The van der Waals surface area contributed by atoms with E-state index < -0.39 is 32.4 Å².